The van der Waals surface area contributed by atoms with E-state index < -0.39 is 6.10 Å². The summed E-state index contributed by atoms with van der Waals surface area (Å²) in [5, 5.41) is 3.27. The molecule has 7 heteroatoms. The molecule has 0 spiro atoms. The largest absolute Gasteiger partial charge is 0.493 e. The smallest absolute Gasteiger partial charge is 0.261 e. The summed E-state index contributed by atoms with van der Waals surface area (Å²) in [7, 11) is 4.62. The van der Waals surface area contributed by atoms with Crippen LogP contribution < -0.4 is 24.3 Å². The van der Waals surface area contributed by atoms with Gasteiger partial charge in [-0.1, -0.05) is 23.7 Å². The zero-order chi connectivity index (χ0) is 19.1. The third-order valence-electron chi connectivity index (χ3n) is 3.70. The number of rotatable bonds is 8. The number of nitrogens with one attached hydrogen (secondary N) is 1. The highest BCUT2D eigenvalue weighted by atomic mass is 35.5. The van der Waals surface area contributed by atoms with Gasteiger partial charge in [0.1, 0.15) is 5.75 Å². The Kier molecular flexibility index (Phi) is 6.97. The maximum atomic E-state index is 12.3. The lowest BCUT2D eigenvalue weighted by molar-refractivity contribution is -0.127. The Balaban J connectivity index is 2.03. The summed E-state index contributed by atoms with van der Waals surface area (Å²) in [6.45, 7) is 1.94. The molecule has 0 radical (unpaired) electrons. The first-order valence-electron chi connectivity index (χ1n) is 7.98. The van der Waals surface area contributed by atoms with E-state index in [0.717, 1.165) is 5.56 Å². The summed E-state index contributed by atoms with van der Waals surface area (Å²) in [6, 6.07) is 10.6. The summed E-state index contributed by atoms with van der Waals surface area (Å²) in [5.74, 6) is 1.75. The molecule has 26 heavy (non-hydrogen) atoms. The van der Waals surface area contributed by atoms with Gasteiger partial charge in [-0.2, -0.15) is 0 Å². The highest BCUT2D eigenvalue weighted by Gasteiger charge is 2.17. The summed E-state index contributed by atoms with van der Waals surface area (Å²) >= 11 is 6.04. The van der Waals surface area contributed by atoms with Crippen molar-refractivity contribution in [2.45, 2.75) is 19.6 Å². The number of ether oxygens (including phenoxy) is 4. The average molecular weight is 380 g/mol. The fourth-order valence-electron chi connectivity index (χ4n) is 2.35. The van der Waals surface area contributed by atoms with E-state index in [1.807, 2.05) is 0 Å². The summed E-state index contributed by atoms with van der Waals surface area (Å²) in [6.07, 6.45) is -0.697. The average Bonchev–Trinajstić information content (AvgIpc) is 2.66. The van der Waals surface area contributed by atoms with Gasteiger partial charge in [0.25, 0.3) is 5.91 Å². The van der Waals surface area contributed by atoms with Crippen LogP contribution in [0.15, 0.2) is 36.4 Å². The maximum absolute atomic E-state index is 12.3. The van der Waals surface area contributed by atoms with Gasteiger partial charge in [-0.05, 0) is 36.8 Å². The minimum atomic E-state index is -0.697. The number of halogens is 1. The van der Waals surface area contributed by atoms with Gasteiger partial charge in [0.2, 0.25) is 5.75 Å². The first-order valence-corrected chi connectivity index (χ1v) is 8.35. The lowest BCUT2D eigenvalue weighted by Crippen LogP contribution is -2.35. The SMILES string of the molecule is COc1cc(CNC(=O)[C@@H](C)Oc2ccccc2Cl)cc(OC)c1OC. The van der Waals surface area contributed by atoms with Crippen molar-refractivity contribution >= 4 is 17.5 Å². The van der Waals surface area contributed by atoms with Crippen LogP contribution in [0.3, 0.4) is 0 Å². The predicted molar refractivity (Wildman–Crippen MR) is 99.5 cm³/mol. The number of benzene rings is 2. The van der Waals surface area contributed by atoms with E-state index in [4.69, 9.17) is 30.5 Å². The normalized spacial score (nSPS) is 11.4. The van der Waals surface area contributed by atoms with Crippen LogP contribution in [-0.4, -0.2) is 33.3 Å². The van der Waals surface area contributed by atoms with Crippen molar-refractivity contribution in [3.8, 4) is 23.0 Å². The van der Waals surface area contributed by atoms with Crippen LogP contribution in [0.1, 0.15) is 12.5 Å². The van der Waals surface area contributed by atoms with Crippen LogP contribution in [0, 0.1) is 0 Å². The second kappa shape index (κ2) is 9.20. The molecule has 0 aromatic heterocycles. The minimum Gasteiger partial charge on any atom is -0.493 e. The van der Waals surface area contributed by atoms with Crippen LogP contribution in [0.2, 0.25) is 5.02 Å². The number of carbonyl (C=O) groups is 1. The molecule has 0 saturated carbocycles. The highest BCUT2D eigenvalue weighted by Crippen LogP contribution is 2.38. The van der Waals surface area contributed by atoms with E-state index in [-0.39, 0.29) is 12.5 Å². The quantitative estimate of drug-likeness (QED) is 0.761. The number of methoxy groups -OCH3 is 3. The Bertz CT molecular complexity index is 740. The van der Waals surface area contributed by atoms with Gasteiger partial charge in [-0.3, -0.25) is 4.79 Å². The summed E-state index contributed by atoms with van der Waals surface area (Å²) < 4.78 is 21.5. The molecular formula is C19H22ClNO5. The number of amides is 1. The standard InChI is InChI=1S/C19H22ClNO5/c1-12(26-15-8-6-5-7-14(15)20)19(22)21-11-13-9-16(23-2)18(25-4)17(10-13)24-3/h5-10,12H,11H2,1-4H3,(H,21,22)/t12-/m1/s1. The molecule has 140 valence electrons. The fourth-order valence-corrected chi connectivity index (χ4v) is 2.53. The number of hydrogen-bond acceptors (Lipinski definition) is 5. The molecule has 0 bridgehead atoms. The fraction of sp³-hybridized carbons (Fsp3) is 0.316. The van der Waals surface area contributed by atoms with Crippen molar-refractivity contribution < 1.29 is 23.7 Å². The zero-order valence-corrected chi connectivity index (χ0v) is 15.9. The monoisotopic (exact) mass is 379 g/mol. The second-order valence-electron chi connectivity index (χ2n) is 5.44. The number of para-hydroxylation sites is 1. The summed E-state index contributed by atoms with van der Waals surface area (Å²) in [4.78, 5) is 12.3. The van der Waals surface area contributed by atoms with Gasteiger partial charge in [-0.25, -0.2) is 0 Å². The van der Waals surface area contributed by atoms with E-state index in [2.05, 4.69) is 5.32 Å². The predicted octanol–water partition coefficient (Wildman–Crippen LogP) is 3.45. The molecule has 0 aliphatic heterocycles. The van der Waals surface area contributed by atoms with Gasteiger partial charge >= 0.3 is 0 Å². The van der Waals surface area contributed by atoms with Gasteiger partial charge < -0.3 is 24.3 Å². The van der Waals surface area contributed by atoms with Crippen LogP contribution in [-0.2, 0) is 11.3 Å². The number of carbonyl (C=O) groups excluding carboxylic acids is 1. The third-order valence-corrected chi connectivity index (χ3v) is 4.01. The lowest BCUT2D eigenvalue weighted by Gasteiger charge is -2.17. The van der Waals surface area contributed by atoms with Gasteiger partial charge in [0.15, 0.2) is 17.6 Å². The first-order chi connectivity index (χ1) is 12.5. The third kappa shape index (κ3) is 4.73. The molecule has 0 unspecified atom stereocenters. The Labute approximate surface area is 158 Å². The molecule has 2 aromatic carbocycles. The van der Waals surface area contributed by atoms with E-state index in [0.29, 0.717) is 28.0 Å². The van der Waals surface area contributed by atoms with Crippen molar-refractivity contribution in [2.75, 3.05) is 21.3 Å². The molecule has 1 N–H and O–H groups in total. The highest BCUT2D eigenvalue weighted by molar-refractivity contribution is 6.32. The van der Waals surface area contributed by atoms with Gasteiger partial charge in [-0.15, -0.1) is 0 Å². The molecular weight excluding hydrogens is 358 g/mol. The Morgan fingerprint density at radius 3 is 2.19 bits per heavy atom. The van der Waals surface area contributed by atoms with Crippen molar-refractivity contribution in [2.24, 2.45) is 0 Å². The molecule has 0 saturated heterocycles. The molecule has 0 aliphatic carbocycles. The van der Waals surface area contributed by atoms with E-state index >= 15 is 0 Å². The topological polar surface area (TPSA) is 66.0 Å². The molecule has 0 aliphatic rings. The van der Waals surface area contributed by atoms with Crippen LogP contribution >= 0.6 is 11.6 Å². The molecule has 1 amide bonds. The minimum absolute atomic E-state index is 0.265. The Hall–Kier alpha value is -2.60. The Morgan fingerprint density at radius 1 is 1.04 bits per heavy atom. The van der Waals surface area contributed by atoms with E-state index in [9.17, 15) is 4.79 Å². The van der Waals surface area contributed by atoms with Crippen LogP contribution in [0.5, 0.6) is 23.0 Å². The molecule has 6 nitrogen and oxygen atoms in total. The maximum Gasteiger partial charge on any atom is 0.261 e. The van der Waals surface area contributed by atoms with Crippen molar-refractivity contribution in [3.63, 3.8) is 0 Å². The van der Waals surface area contributed by atoms with Crippen LogP contribution in [0.4, 0.5) is 0 Å². The first kappa shape index (κ1) is 19.7. The zero-order valence-electron chi connectivity index (χ0n) is 15.2. The van der Waals surface area contributed by atoms with Crippen molar-refractivity contribution in [1.82, 2.24) is 5.32 Å². The van der Waals surface area contributed by atoms with E-state index in [1.54, 1.807) is 57.5 Å². The number of hydrogen-bond donors (Lipinski definition) is 1. The lowest BCUT2D eigenvalue weighted by atomic mass is 10.1. The molecule has 2 aromatic rings. The van der Waals surface area contributed by atoms with E-state index in [1.165, 1.54) is 7.11 Å². The van der Waals surface area contributed by atoms with Gasteiger partial charge in [0, 0.05) is 6.54 Å². The molecule has 0 fully saturated rings. The molecule has 1 atom stereocenters. The molecule has 0 heterocycles. The second-order valence-corrected chi connectivity index (χ2v) is 5.85. The van der Waals surface area contributed by atoms with Crippen LogP contribution in [0.25, 0.3) is 0 Å². The van der Waals surface area contributed by atoms with Crippen molar-refractivity contribution in [3.05, 3.63) is 47.0 Å². The Morgan fingerprint density at radius 2 is 1.65 bits per heavy atom. The summed E-state index contributed by atoms with van der Waals surface area (Å²) in [5.41, 5.74) is 0.804. The molecule has 2 rings (SSSR count). The van der Waals surface area contributed by atoms with Crippen molar-refractivity contribution in [1.29, 1.82) is 0 Å². The van der Waals surface area contributed by atoms with Gasteiger partial charge in [0.05, 0.1) is 26.4 Å².